The van der Waals surface area contributed by atoms with Gasteiger partial charge in [-0.15, -0.1) is 11.3 Å². The zero-order chi connectivity index (χ0) is 9.42. The number of hydrogen-bond donors (Lipinski definition) is 1. The average molecular weight is 193 g/mol. The zero-order valence-corrected chi connectivity index (χ0v) is 7.76. The summed E-state index contributed by atoms with van der Waals surface area (Å²) in [5, 5.41) is 8.88. The molecule has 0 saturated heterocycles. The van der Waals surface area contributed by atoms with Crippen LogP contribution in [0.2, 0.25) is 0 Å². The highest BCUT2D eigenvalue weighted by Crippen LogP contribution is 2.24. The quantitative estimate of drug-likeness (QED) is 0.756. The monoisotopic (exact) mass is 193 g/mol. The van der Waals surface area contributed by atoms with Gasteiger partial charge in [-0.05, 0) is 18.6 Å². The van der Waals surface area contributed by atoms with Crippen LogP contribution in [0.1, 0.15) is 15.4 Å². The molecule has 3 nitrogen and oxygen atoms in total. The standard InChI is InChI=1S/C9H7NO2S/c1-5-3-2-4-6-7(5)10-8(13-6)9(11)12/h2-4H,1H3,(H,11,12). The number of thiazole rings is 1. The Balaban J connectivity index is 2.75. The van der Waals surface area contributed by atoms with Crippen LogP contribution in [0.4, 0.5) is 0 Å². The third-order valence-corrected chi connectivity index (χ3v) is 2.81. The molecule has 1 aromatic heterocycles. The van der Waals surface area contributed by atoms with Crippen LogP contribution in [0, 0.1) is 6.92 Å². The Kier molecular flexibility index (Phi) is 1.77. The van der Waals surface area contributed by atoms with Crippen molar-refractivity contribution in [2.24, 2.45) is 0 Å². The molecule has 1 N–H and O–H groups in total. The third kappa shape index (κ3) is 1.29. The minimum absolute atomic E-state index is 0.157. The number of para-hydroxylation sites is 1. The van der Waals surface area contributed by atoms with Crippen molar-refractivity contribution in [1.82, 2.24) is 4.98 Å². The largest absolute Gasteiger partial charge is 0.476 e. The first kappa shape index (κ1) is 8.19. The van der Waals surface area contributed by atoms with E-state index in [4.69, 9.17) is 5.11 Å². The van der Waals surface area contributed by atoms with Crippen LogP contribution in [0.3, 0.4) is 0 Å². The predicted octanol–water partition coefficient (Wildman–Crippen LogP) is 2.30. The summed E-state index contributed by atoms with van der Waals surface area (Å²) in [5.41, 5.74) is 1.81. The number of carboxylic acid groups (broad SMARTS) is 1. The molecular formula is C9H7NO2S. The number of nitrogens with zero attached hydrogens (tertiary/aromatic N) is 1. The number of aryl methyl sites for hydroxylation is 1. The molecule has 0 bridgehead atoms. The molecule has 0 fully saturated rings. The number of carbonyl (C=O) groups is 1. The fourth-order valence-corrected chi connectivity index (χ4v) is 2.06. The van der Waals surface area contributed by atoms with Crippen LogP contribution in [-0.2, 0) is 0 Å². The molecule has 0 spiro atoms. The van der Waals surface area contributed by atoms with E-state index in [0.29, 0.717) is 0 Å². The normalized spacial score (nSPS) is 10.5. The summed E-state index contributed by atoms with van der Waals surface area (Å²) in [4.78, 5) is 14.7. The second-order valence-corrected chi connectivity index (χ2v) is 3.78. The van der Waals surface area contributed by atoms with Gasteiger partial charge in [0.25, 0.3) is 0 Å². The second kappa shape index (κ2) is 2.81. The zero-order valence-electron chi connectivity index (χ0n) is 6.94. The molecule has 13 heavy (non-hydrogen) atoms. The highest BCUT2D eigenvalue weighted by molar-refractivity contribution is 7.20. The van der Waals surface area contributed by atoms with E-state index in [-0.39, 0.29) is 5.01 Å². The van der Waals surface area contributed by atoms with Crippen molar-refractivity contribution in [2.75, 3.05) is 0 Å². The van der Waals surface area contributed by atoms with E-state index in [1.165, 1.54) is 11.3 Å². The Morgan fingerprint density at radius 3 is 2.92 bits per heavy atom. The number of benzene rings is 1. The van der Waals surface area contributed by atoms with Crippen molar-refractivity contribution in [2.45, 2.75) is 6.92 Å². The lowest BCUT2D eigenvalue weighted by Crippen LogP contribution is -1.93. The van der Waals surface area contributed by atoms with Crippen molar-refractivity contribution in [1.29, 1.82) is 0 Å². The third-order valence-electron chi connectivity index (χ3n) is 1.80. The Morgan fingerprint density at radius 2 is 2.31 bits per heavy atom. The van der Waals surface area contributed by atoms with Gasteiger partial charge in [0, 0.05) is 0 Å². The van der Waals surface area contributed by atoms with E-state index >= 15 is 0 Å². The summed E-state index contributed by atoms with van der Waals surface area (Å²) in [6, 6.07) is 5.71. The Bertz CT molecular complexity index is 475. The van der Waals surface area contributed by atoms with Gasteiger partial charge in [0.1, 0.15) is 0 Å². The Labute approximate surface area is 78.7 Å². The first-order chi connectivity index (χ1) is 6.18. The van der Waals surface area contributed by atoms with Crippen LogP contribution >= 0.6 is 11.3 Å². The van der Waals surface area contributed by atoms with Crippen molar-refractivity contribution >= 4 is 27.5 Å². The number of hydrogen-bond acceptors (Lipinski definition) is 3. The maximum atomic E-state index is 10.6. The van der Waals surface area contributed by atoms with Gasteiger partial charge in [0.2, 0.25) is 5.01 Å². The number of aromatic nitrogens is 1. The summed E-state index contributed by atoms with van der Waals surface area (Å²) >= 11 is 1.21. The van der Waals surface area contributed by atoms with Gasteiger partial charge < -0.3 is 5.11 Å². The minimum Gasteiger partial charge on any atom is -0.476 e. The summed E-state index contributed by atoms with van der Waals surface area (Å²) < 4.78 is 0.928. The van der Waals surface area contributed by atoms with Gasteiger partial charge in [-0.3, -0.25) is 0 Å². The first-order valence-corrected chi connectivity index (χ1v) is 4.59. The summed E-state index contributed by atoms with van der Waals surface area (Å²) in [5.74, 6) is -0.958. The van der Waals surface area contributed by atoms with Crippen molar-refractivity contribution < 1.29 is 9.90 Å². The first-order valence-electron chi connectivity index (χ1n) is 3.78. The van der Waals surface area contributed by atoms with Gasteiger partial charge in [-0.2, -0.15) is 0 Å². The van der Waals surface area contributed by atoms with Gasteiger partial charge in [0.15, 0.2) is 0 Å². The summed E-state index contributed by atoms with van der Waals surface area (Å²) in [6.07, 6.45) is 0. The molecule has 0 aliphatic carbocycles. The molecule has 0 saturated carbocycles. The molecule has 2 rings (SSSR count). The summed E-state index contributed by atoms with van der Waals surface area (Å²) in [6.45, 7) is 1.92. The lowest BCUT2D eigenvalue weighted by molar-refractivity contribution is 0.0696. The maximum Gasteiger partial charge on any atom is 0.365 e. The molecular weight excluding hydrogens is 186 g/mol. The van der Waals surface area contributed by atoms with Gasteiger partial charge in [0.05, 0.1) is 10.2 Å². The fraction of sp³-hybridized carbons (Fsp3) is 0.111. The molecule has 4 heteroatoms. The topological polar surface area (TPSA) is 50.2 Å². The van der Waals surface area contributed by atoms with Crippen LogP contribution in [0.15, 0.2) is 18.2 Å². The predicted molar refractivity (Wildman–Crippen MR) is 51.3 cm³/mol. The van der Waals surface area contributed by atoms with E-state index < -0.39 is 5.97 Å². The number of carboxylic acids is 1. The van der Waals surface area contributed by atoms with E-state index in [2.05, 4.69) is 4.98 Å². The number of aromatic carboxylic acids is 1. The van der Waals surface area contributed by atoms with Crippen molar-refractivity contribution in [3.05, 3.63) is 28.8 Å². The van der Waals surface area contributed by atoms with Gasteiger partial charge >= 0.3 is 5.97 Å². The molecule has 0 radical (unpaired) electrons. The smallest absolute Gasteiger partial charge is 0.365 e. The van der Waals surface area contributed by atoms with Gasteiger partial charge in [-0.1, -0.05) is 12.1 Å². The lowest BCUT2D eigenvalue weighted by atomic mass is 10.2. The van der Waals surface area contributed by atoms with Gasteiger partial charge in [-0.25, -0.2) is 9.78 Å². The molecule has 66 valence electrons. The molecule has 0 aliphatic heterocycles. The number of fused-ring (bicyclic) bond motifs is 1. The molecule has 1 heterocycles. The van der Waals surface area contributed by atoms with Crippen LogP contribution in [0.5, 0.6) is 0 Å². The Hall–Kier alpha value is -1.42. The lowest BCUT2D eigenvalue weighted by Gasteiger charge is -1.90. The van der Waals surface area contributed by atoms with E-state index in [0.717, 1.165) is 15.8 Å². The van der Waals surface area contributed by atoms with E-state index in [1.807, 2.05) is 25.1 Å². The number of rotatable bonds is 1. The van der Waals surface area contributed by atoms with E-state index in [1.54, 1.807) is 0 Å². The van der Waals surface area contributed by atoms with E-state index in [9.17, 15) is 4.79 Å². The second-order valence-electron chi connectivity index (χ2n) is 2.75. The average Bonchev–Trinajstić information content (AvgIpc) is 2.49. The molecule has 0 aliphatic rings. The van der Waals surface area contributed by atoms with Crippen LogP contribution in [0.25, 0.3) is 10.2 Å². The van der Waals surface area contributed by atoms with Crippen molar-refractivity contribution in [3.8, 4) is 0 Å². The Morgan fingerprint density at radius 1 is 1.54 bits per heavy atom. The minimum atomic E-state index is -0.958. The van der Waals surface area contributed by atoms with Crippen LogP contribution in [-0.4, -0.2) is 16.1 Å². The molecule has 0 atom stereocenters. The summed E-state index contributed by atoms with van der Waals surface area (Å²) in [7, 11) is 0. The molecule has 1 aromatic carbocycles. The molecule has 2 aromatic rings. The molecule has 0 unspecified atom stereocenters. The SMILES string of the molecule is Cc1cccc2sc(C(=O)O)nc12. The fourth-order valence-electron chi connectivity index (χ4n) is 1.18. The highest BCUT2D eigenvalue weighted by Gasteiger charge is 2.10. The highest BCUT2D eigenvalue weighted by atomic mass is 32.1. The maximum absolute atomic E-state index is 10.6. The van der Waals surface area contributed by atoms with Crippen LogP contribution < -0.4 is 0 Å². The van der Waals surface area contributed by atoms with Crippen molar-refractivity contribution in [3.63, 3.8) is 0 Å². The molecule has 0 amide bonds.